The summed E-state index contributed by atoms with van der Waals surface area (Å²) in [5.74, 6) is 0.376. The molecule has 0 radical (unpaired) electrons. The van der Waals surface area contributed by atoms with Gasteiger partial charge < -0.3 is 15.0 Å². The molecule has 2 heterocycles. The molecule has 7 nitrogen and oxygen atoms in total. The second-order valence-corrected chi connectivity index (χ2v) is 9.14. The Hall–Kier alpha value is -2.97. The lowest BCUT2D eigenvalue weighted by atomic mass is 9.99. The largest absolute Gasteiger partial charge is 0.484 e. The Balaban J connectivity index is 1.34. The van der Waals surface area contributed by atoms with Gasteiger partial charge in [0.15, 0.2) is 6.61 Å². The van der Waals surface area contributed by atoms with Gasteiger partial charge in [-0.05, 0) is 61.7 Å². The molecule has 32 heavy (non-hydrogen) atoms. The van der Waals surface area contributed by atoms with E-state index in [9.17, 15) is 9.59 Å². The van der Waals surface area contributed by atoms with Crippen LogP contribution < -0.4 is 10.1 Å². The summed E-state index contributed by atoms with van der Waals surface area (Å²) in [7, 11) is 0. The van der Waals surface area contributed by atoms with Crippen molar-refractivity contribution in [1.82, 2.24) is 15.1 Å². The van der Waals surface area contributed by atoms with Gasteiger partial charge in [0.2, 0.25) is 5.01 Å². The van der Waals surface area contributed by atoms with Gasteiger partial charge in [-0.25, -0.2) is 0 Å². The molecule has 9 heteroatoms. The molecule has 2 amide bonds. The van der Waals surface area contributed by atoms with Gasteiger partial charge in [-0.2, -0.15) is 0 Å². The molecular formula is C23H23ClN4O3S. The molecule has 3 aromatic rings. The third kappa shape index (κ3) is 5.63. The molecule has 0 aliphatic carbocycles. The second kappa shape index (κ2) is 10.1. The minimum absolute atomic E-state index is 0.00103. The van der Waals surface area contributed by atoms with Crippen LogP contribution in [0, 0.1) is 6.92 Å². The summed E-state index contributed by atoms with van der Waals surface area (Å²) in [6.07, 6.45) is 1.77. The zero-order valence-corrected chi connectivity index (χ0v) is 19.2. The van der Waals surface area contributed by atoms with E-state index in [0.717, 1.165) is 23.4 Å². The molecule has 1 fully saturated rings. The number of carbonyl (C=O) groups excluding carboxylic acids is 2. The summed E-state index contributed by atoms with van der Waals surface area (Å²) in [5.41, 5.74) is 1.72. The van der Waals surface area contributed by atoms with Crippen LogP contribution in [0.2, 0.25) is 5.02 Å². The molecule has 0 saturated carbocycles. The first-order valence-corrected chi connectivity index (χ1v) is 11.5. The third-order valence-corrected chi connectivity index (χ3v) is 6.55. The number of rotatable bonds is 6. The van der Waals surface area contributed by atoms with Gasteiger partial charge >= 0.3 is 0 Å². The van der Waals surface area contributed by atoms with Crippen molar-refractivity contribution in [3.05, 3.63) is 69.1 Å². The van der Waals surface area contributed by atoms with Crippen LogP contribution in [0.4, 0.5) is 5.69 Å². The van der Waals surface area contributed by atoms with Crippen molar-refractivity contribution in [2.24, 2.45) is 0 Å². The number of likely N-dealkylation sites (tertiary alicyclic amines) is 1. The van der Waals surface area contributed by atoms with Gasteiger partial charge in [0.1, 0.15) is 10.8 Å². The fourth-order valence-electron chi connectivity index (χ4n) is 3.56. The summed E-state index contributed by atoms with van der Waals surface area (Å²) < 4.78 is 5.66. The molecule has 166 valence electrons. The highest BCUT2D eigenvalue weighted by molar-refractivity contribution is 7.13. The highest BCUT2D eigenvalue weighted by Gasteiger charge is 2.28. The molecule has 1 aliphatic heterocycles. The molecule has 1 aromatic heterocycles. The number of hydrogen-bond acceptors (Lipinski definition) is 6. The molecule has 1 unspecified atom stereocenters. The second-order valence-electron chi connectivity index (χ2n) is 7.69. The van der Waals surface area contributed by atoms with E-state index >= 15 is 0 Å². The predicted molar refractivity (Wildman–Crippen MR) is 125 cm³/mol. The van der Waals surface area contributed by atoms with Crippen LogP contribution in [-0.4, -0.2) is 46.6 Å². The van der Waals surface area contributed by atoms with E-state index in [-0.39, 0.29) is 24.3 Å². The number of carbonyl (C=O) groups is 2. The van der Waals surface area contributed by atoms with E-state index in [1.54, 1.807) is 29.2 Å². The van der Waals surface area contributed by atoms with Gasteiger partial charge in [-0.3, -0.25) is 9.59 Å². The molecule has 1 saturated heterocycles. The number of hydrogen-bond donors (Lipinski definition) is 1. The van der Waals surface area contributed by atoms with E-state index in [1.807, 2.05) is 31.2 Å². The SMILES string of the molecule is Cc1cccc(OCC(=O)N2CCCC(c3nnc(C(=O)Nc4ccc(Cl)cc4)s3)C2)c1. The highest BCUT2D eigenvalue weighted by Crippen LogP contribution is 2.29. The smallest absolute Gasteiger partial charge is 0.286 e. The maximum Gasteiger partial charge on any atom is 0.286 e. The van der Waals surface area contributed by atoms with Crippen molar-refractivity contribution < 1.29 is 14.3 Å². The third-order valence-electron chi connectivity index (χ3n) is 5.21. The minimum atomic E-state index is -0.314. The molecule has 1 aliphatic rings. The summed E-state index contributed by atoms with van der Waals surface area (Å²) in [5, 5.41) is 12.7. The average Bonchev–Trinajstić information content (AvgIpc) is 3.30. The zero-order chi connectivity index (χ0) is 22.5. The Labute approximate surface area is 195 Å². The number of piperidine rings is 1. The topological polar surface area (TPSA) is 84.4 Å². The molecule has 2 aromatic carbocycles. The van der Waals surface area contributed by atoms with Gasteiger partial charge in [-0.15, -0.1) is 10.2 Å². The van der Waals surface area contributed by atoms with Crippen LogP contribution in [0.15, 0.2) is 48.5 Å². The van der Waals surface area contributed by atoms with Gasteiger partial charge in [0, 0.05) is 29.7 Å². The van der Waals surface area contributed by atoms with E-state index in [4.69, 9.17) is 16.3 Å². The first-order valence-electron chi connectivity index (χ1n) is 10.4. The number of ether oxygens (including phenoxy) is 1. The summed E-state index contributed by atoms with van der Waals surface area (Å²) in [4.78, 5) is 27.0. The summed E-state index contributed by atoms with van der Waals surface area (Å²) in [6, 6.07) is 14.5. The Morgan fingerprint density at radius 2 is 2.03 bits per heavy atom. The maximum atomic E-state index is 12.7. The first-order chi connectivity index (χ1) is 15.5. The number of nitrogens with zero attached hydrogens (tertiary/aromatic N) is 3. The van der Waals surface area contributed by atoms with Crippen LogP contribution in [0.5, 0.6) is 5.75 Å². The van der Waals surface area contributed by atoms with Crippen LogP contribution in [-0.2, 0) is 4.79 Å². The van der Waals surface area contributed by atoms with Gasteiger partial charge in [0.05, 0.1) is 0 Å². The van der Waals surface area contributed by atoms with E-state index in [0.29, 0.717) is 34.6 Å². The van der Waals surface area contributed by atoms with Crippen LogP contribution in [0.3, 0.4) is 0 Å². The van der Waals surface area contributed by atoms with Crippen molar-refractivity contribution in [3.63, 3.8) is 0 Å². The normalized spacial score (nSPS) is 15.9. The van der Waals surface area contributed by atoms with Crippen LogP contribution in [0.1, 0.15) is 39.1 Å². The van der Waals surface area contributed by atoms with Crippen molar-refractivity contribution in [2.75, 3.05) is 25.0 Å². The molecule has 4 rings (SSSR count). The fourth-order valence-corrected chi connectivity index (χ4v) is 4.55. The molecular weight excluding hydrogens is 448 g/mol. The Morgan fingerprint density at radius 3 is 2.81 bits per heavy atom. The molecule has 1 atom stereocenters. The Kier molecular flexibility index (Phi) is 7.02. The number of nitrogens with one attached hydrogen (secondary N) is 1. The predicted octanol–water partition coefficient (Wildman–Crippen LogP) is 4.54. The number of amides is 2. The maximum absolute atomic E-state index is 12.7. The number of halogens is 1. The molecule has 0 bridgehead atoms. The Morgan fingerprint density at radius 1 is 1.22 bits per heavy atom. The lowest BCUT2D eigenvalue weighted by Gasteiger charge is -2.31. The van der Waals surface area contributed by atoms with E-state index < -0.39 is 0 Å². The first kappa shape index (κ1) is 22.2. The number of aryl methyl sites for hydroxylation is 1. The Bertz CT molecular complexity index is 1100. The number of benzene rings is 2. The van der Waals surface area contributed by atoms with Gasteiger partial charge in [0.25, 0.3) is 11.8 Å². The zero-order valence-electron chi connectivity index (χ0n) is 17.6. The lowest BCUT2D eigenvalue weighted by Crippen LogP contribution is -2.41. The fraction of sp³-hybridized carbons (Fsp3) is 0.304. The number of aromatic nitrogens is 2. The average molecular weight is 471 g/mol. The van der Waals surface area contributed by atoms with Gasteiger partial charge in [-0.1, -0.05) is 35.1 Å². The van der Waals surface area contributed by atoms with Crippen LogP contribution >= 0.6 is 22.9 Å². The monoisotopic (exact) mass is 470 g/mol. The van der Waals surface area contributed by atoms with Crippen molar-refractivity contribution in [1.29, 1.82) is 0 Å². The summed E-state index contributed by atoms with van der Waals surface area (Å²) >= 11 is 7.14. The molecule has 1 N–H and O–H groups in total. The van der Waals surface area contributed by atoms with E-state index in [1.165, 1.54) is 11.3 Å². The van der Waals surface area contributed by atoms with Crippen molar-refractivity contribution >= 4 is 40.4 Å². The summed E-state index contributed by atoms with van der Waals surface area (Å²) in [6.45, 7) is 3.22. The lowest BCUT2D eigenvalue weighted by molar-refractivity contribution is -0.134. The highest BCUT2D eigenvalue weighted by atomic mass is 35.5. The number of anilines is 1. The van der Waals surface area contributed by atoms with Crippen LogP contribution in [0.25, 0.3) is 0 Å². The van der Waals surface area contributed by atoms with Crippen molar-refractivity contribution in [3.8, 4) is 5.75 Å². The quantitative estimate of drug-likeness (QED) is 0.571. The standard InChI is InChI=1S/C23H23ClN4O3S/c1-15-4-2-6-19(12-15)31-14-20(29)28-11-3-5-16(13-28)22-26-27-23(32-22)21(30)25-18-9-7-17(24)8-10-18/h2,4,6-10,12,16H,3,5,11,13-14H2,1H3,(H,25,30). The van der Waals surface area contributed by atoms with E-state index in [2.05, 4.69) is 15.5 Å². The minimum Gasteiger partial charge on any atom is -0.484 e. The van der Waals surface area contributed by atoms with Crippen molar-refractivity contribution in [2.45, 2.75) is 25.7 Å². The molecule has 0 spiro atoms.